The van der Waals surface area contributed by atoms with Crippen LogP contribution in [0, 0.1) is 22.5 Å². The summed E-state index contributed by atoms with van der Waals surface area (Å²) in [6, 6.07) is 4.28. The maximum atomic E-state index is 13.4. The van der Waals surface area contributed by atoms with Gasteiger partial charge in [0.25, 0.3) is 0 Å². The van der Waals surface area contributed by atoms with Gasteiger partial charge in [-0.25, -0.2) is 8.78 Å². The molecule has 2 rings (SSSR count). The van der Waals surface area contributed by atoms with Crippen molar-refractivity contribution in [3.8, 4) is 0 Å². The van der Waals surface area contributed by atoms with Gasteiger partial charge in [0.15, 0.2) is 0 Å². The molecule has 0 saturated heterocycles. The molecule has 0 radical (unpaired) electrons. The van der Waals surface area contributed by atoms with Crippen LogP contribution < -0.4 is 5.32 Å². The quantitative estimate of drug-likeness (QED) is 0.851. The van der Waals surface area contributed by atoms with Crippen LogP contribution in [0.5, 0.6) is 0 Å². The monoisotopic (exact) mass is 239 g/mol. The molecule has 0 atom stereocenters. The van der Waals surface area contributed by atoms with Crippen LogP contribution in [-0.2, 0) is 6.54 Å². The zero-order valence-electron chi connectivity index (χ0n) is 10.8. The Hall–Kier alpha value is -0.960. The molecule has 1 aromatic rings. The van der Waals surface area contributed by atoms with E-state index in [1.54, 1.807) is 0 Å². The fraction of sp³-hybridized carbons (Fsp3) is 0.571. The number of nitrogens with one attached hydrogen (secondary N) is 1. The molecule has 1 aliphatic rings. The third kappa shape index (κ3) is 1.86. The molecule has 0 aliphatic heterocycles. The number of hydrogen-bond donors (Lipinski definition) is 1. The minimum absolute atomic E-state index is 0.131. The molecule has 3 heteroatoms. The van der Waals surface area contributed by atoms with Crippen molar-refractivity contribution in [3.63, 3.8) is 0 Å². The zero-order chi connectivity index (χ0) is 12.8. The third-order valence-corrected chi connectivity index (χ3v) is 4.57. The van der Waals surface area contributed by atoms with Crippen molar-refractivity contribution < 1.29 is 8.78 Å². The van der Waals surface area contributed by atoms with Crippen molar-refractivity contribution in [3.05, 3.63) is 35.4 Å². The summed E-state index contributed by atoms with van der Waals surface area (Å²) in [5.74, 6) is -0.956. The van der Waals surface area contributed by atoms with Gasteiger partial charge in [-0.15, -0.1) is 0 Å². The molecule has 0 aromatic heterocycles. The molecule has 0 unspecified atom stereocenters. The molecule has 0 bridgehead atoms. The Morgan fingerprint density at radius 1 is 1.06 bits per heavy atom. The van der Waals surface area contributed by atoms with Gasteiger partial charge in [0, 0.05) is 18.2 Å². The Kier molecular flexibility index (Phi) is 2.77. The summed E-state index contributed by atoms with van der Waals surface area (Å²) in [6.07, 6.45) is 0. The minimum Gasteiger partial charge on any atom is -0.309 e. The molecule has 17 heavy (non-hydrogen) atoms. The number of hydrogen-bond acceptors (Lipinski definition) is 1. The molecule has 1 fully saturated rings. The molecular weight excluding hydrogens is 220 g/mol. The summed E-state index contributed by atoms with van der Waals surface area (Å²) < 4.78 is 26.9. The first-order valence-corrected chi connectivity index (χ1v) is 5.95. The van der Waals surface area contributed by atoms with Crippen LogP contribution in [0.15, 0.2) is 18.2 Å². The normalized spacial score (nSPS) is 21.5. The van der Waals surface area contributed by atoms with Gasteiger partial charge < -0.3 is 5.32 Å². The van der Waals surface area contributed by atoms with Crippen molar-refractivity contribution in [2.24, 2.45) is 10.8 Å². The van der Waals surface area contributed by atoms with Crippen molar-refractivity contribution in [2.75, 3.05) is 0 Å². The maximum absolute atomic E-state index is 13.4. The van der Waals surface area contributed by atoms with E-state index >= 15 is 0 Å². The van der Waals surface area contributed by atoms with E-state index in [0.717, 1.165) is 0 Å². The van der Waals surface area contributed by atoms with E-state index in [1.807, 2.05) is 0 Å². The van der Waals surface area contributed by atoms with E-state index in [9.17, 15) is 8.78 Å². The van der Waals surface area contributed by atoms with Crippen molar-refractivity contribution in [2.45, 2.75) is 40.3 Å². The number of halogens is 2. The topological polar surface area (TPSA) is 12.0 Å². The van der Waals surface area contributed by atoms with Crippen molar-refractivity contribution >= 4 is 0 Å². The second-order valence-corrected chi connectivity index (χ2v) is 5.96. The Morgan fingerprint density at radius 3 is 1.94 bits per heavy atom. The second-order valence-electron chi connectivity index (χ2n) is 5.96. The smallest absolute Gasteiger partial charge is 0.130 e. The lowest BCUT2D eigenvalue weighted by molar-refractivity contribution is 0.457. The highest BCUT2D eigenvalue weighted by Gasteiger charge is 2.64. The standard InChI is InChI=1S/C14H19F2N/c1-13(2)12(14(13,3)4)17-8-9-10(15)6-5-7-11(9)16/h5-7,12,17H,8H2,1-4H3. The summed E-state index contributed by atoms with van der Waals surface area (Å²) >= 11 is 0. The SMILES string of the molecule is CC1(C)C(NCc2c(F)cccc2F)C1(C)C. The van der Waals surface area contributed by atoms with Gasteiger partial charge in [-0.05, 0) is 23.0 Å². The molecule has 1 aliphatic carbocycles. The van der Waals surface area contributed by atoms with Crippen LogP contribution in [0.2, 0.25) is 0 Å². The Morgan fingerprint density at radius 2 is 1.53 bits per heavy atom. The van der Waals surface area contributed by atoms with Gasteiger partial charge in [0.2, 0.25) is 0 Å². The predicted octanol–water partition coefficient (Wildman–Crippen LogP) is 3.49. The Bertz CT molecular complexity index is 404. The lowest BCUT2D eigenvalue weighted by atomic mass is 10.0. The van der Waals surface area contributed by atoms with Gasteiger partial charge in [-0.2, -0.15) is 0 Å². The molecular formula is C14H19F2N. The largest absolute Gasteiger partial charge is 0.309 e. The maximum Gasteiger partial charge on any atom is 0.130 e. The molecule has 1 aromatic carbocycles. The van der Waals surface area contributed by atoms with E-state index < -0.39 is 11.6 Å². The van der Waals surface area contributed by atoms with Crippen LogP contribution in [0.1, 0.15) is 33.3 Å². The summed E-state index contributed by atoms with van der Waals surface area (Å²) in [5, 5.41) is 3.26. The summed E-state index contributed by atoms with van der Waals surface area (Å²) in [7, 11) is 0. The highest BCUT2D eigenvalue weighted by Crippen LogP contribution is 2.62. The summed E-state index contributed by atoms with van der Waals surface area (Å²) in [6.45, 7) is 8.92. The molecule has 1 nitrogen and oxygen atoms in total. The second kappa shape index (κ2) is 3.77. The van der Waals surface area contributed by atoms with Crippen molar-refractivity contribution in [1.29, 1.82) is 0 Å². The van der Waals surface area contributed by atoms with Crippen LogP contribution in [-0.4, -0.2) is 6.04 Å². The molecule has 94 valence electrons. The lowest BCUT2D eigenvalue weighted by Crippen LogP contribution is -2.23. The Labute approximate surface area is 101 Å². The Balaban J connectivity index is 2.06. The van der Waals surface area contributed by atoms with Gasteiger partial charge in [0.05, 0.1) is 0 Å². The first-order valence-electron chi connectivity index (χ1n) is 5.95. The molecule has 1 saturated carbocycles. The van der Waals surface area contributed by atoms with Gasteiger partial charge >= 0.3 is 0 Å². The van der Waals surface area contributed by atoms with E-state index in [2.05, 4.69) is 33.0 Å². The van der Waals surface area contributed by atoms with Crippen molar-refractivity contribution in [1.82, 2.24) is 5.32 Å². The van der Waals surface area contributed by atoms with E-state index in [0.29, 0.717) is 6.04 Å². The van der Waals surface area contributed by atoms with E-state index in [1.165, 1.54) is 18.2 Å². The van der Waals surface area contributed by atoms with E-state index in [4.69, 9.17) is 0 Å². The third-order valence-electron chi connectivity index (χ3n) is 4.57. The summed E-state index contributed by atoms with van der Waals surface area (Å²) in [4.78, 5) is 0. The number of rotatable bonds is 3. The lowest BCUT2D eigenvalue weighted by Gasteiger charge is -2.08. The van der Waals surface area contributed by atoms with Crippen LogP contribution in [0.4, 0.5) is 8.78 Å². The highest BCUT2D eigenvalue weighted by molar-refractivity contribution is 5.22. The van der Waals surface area contributed by atoms with Gasteiger partial charge in [0.1, 0.15) is 11.6 Å². The molecule has 1 N–H and O–H groups in total. The highest BCUT2D eigenvalue weighted by atomic mass is 19.1. The fourth-order valence-electron chi connectivity index (χ4n) is 2.61. The summed E-state index contributed by atoms with van der Waals surface area (Å²) in [5.41, 5.74) is 0.481. The first-order chi connectivity index (χ1) is 7.78. The fourth-order valence-corrected chi connectivity index (χ4v) is 2.61. The van der Waals surface area contributed by atoms with E-state index in [-0.39, 0.29) is 22.9 Å². The molecule has 0 heterocycles. The molecule has 0 spiro atoms. The van der Waals surface area contributed by atoms with Gasteiger partial charge in [-0.1, -0.05) is 33.8 Å². The van der Waals surface area contributed by atoms with Crippen LogP contribution in [0.3, 0.4) is 0 Å². The predicted molar refractivity (Wildman–Crippen MR) is 64.5 cm³/mol. The number of benzene rings is 1. The average molecular weight is 239 g/mol. The minimum atomic E-state index is -0.478. The molecule has 0 amide bonds. The first kappa shape index (κ1) is 12.5. The van der Waals surface area contributed by atoms with Crippen LogP contribution in [0.25, 0.3) is 0 Å². The van der Waals surface area contributed by atoms with Crippen LogP contribution >= 0.6 is 0 Å². The average Bonchev–Trinajstić information content (AvgIpc) is 2.59. The zero-order valence-corrected chi connectivity index (χ0v) is 10.8. The van der Waals surface area contributed by atoms with Gasteiger partial charge in [-0.3, -0.25) is 0 Å².